The van der Waals surface area contributed by atoms with Crippen molar-refractivity contribution in [3.05, 3.63) is 29.8 Å². The van der Waals surface area contributed by atoms with Gasteiger partial charge in [-0.05, 0) is 30.2 Å². The van der Waals surface area contributed by atoms with E-state index in [0.717, 1.165) is 0 Å². The molecule has 0 fully saturated rings. The first-order valence-electron chi connectivity index (χ1n) is 7.55. The molecule has 2 amide bonds. The molecule has 0 aliphatic carbocycles. The second-order valence-corrected chi connectivity index (χ2v) is 5.06. The SMILES string of the molecule is CNC(=O)[C@H](CCC(=O)O)NC(=O)/C=C/c1ccc(OC)c(OC)c1. The molecule has 0 spiro atoms. The van der Waals surface area contributed by atoms with E-state index in [1.54, 1.807) is 24.3 Å². The van der Waals surface area contributed by atoms with Gasteiger partial charge in [-0.2, -0.15) is 0 Å². The predicted octanol–water partition coefficient (Wildman–Crippen LogP) is 0.813. The van der Waals surface area contributed by atoms with Crippen LogP contribution in [0.25, 0.3) is 6.08 Å². The summed E-state index contributed by atoms with van der Waals surface area (Å²) in [5.74, 6) is -0.904. The van der Waals surface area contributed by atoms with Crippen LogP contribution in [0.5, 0.6) is 11.5 Å². The van der Waals surface area contributed by atoms with Crippen molar-refractivity contribution >= 4 is 23.9 Å². The number of hydrogen-bond donors (Lipinski definition) is 3. The van der Waals surface area contributed by atoms with Crippen molar-refractivity contribution in [3.63, 3.8) is 0 Å². The third kappa shape index (κ3) is 6.54. The molecule has 0 unspecified atom stereocenters. The van der Waals surface area contributed by atoms with Crippen LogP contribution in [-0.4, -0.2) is 50.2 Å². The molecule has 25 heavy (non-hydrogen) atoms. The average molecular weight is 350 g/mol. The minimum Gasteiger partial charge on any atom is -0.493 e. The normalized spacial score (nSPS) is 11.6. The molecule has 0 saturated heterocycles. The Morgan fingerprint density at radius 3 is 2.44 bits per heavy atom. The number of likely N-dealkylation sites (N-methyl/N-ethyl adjacent to an activating group) is 1. The molecule has 1 rings (SSSR count). The van der Waals surface area contributed by atoms with E-state index in [4.69, 9.17) is 14.6 Å². The highest BCUT2D eigenvalue weighted by Gasteiger charge is 2.19. The minimum absolute atomic E-state index is 0.00491. The smallest absolute Gasteiger partial charge is 0.303 e. The Morgan fingerprint density at radius 2 is 1.88 bits per heavy atom. The van der Waals surface area contributed by atoms with Crippen molar-refractivity contribution in [2.45, 2.75) is 18.9 Å². The molecule has 0 aliphatic rings. The summed E-state index contributed by atoms with van der Waals surface area (Å²) in [6.07, 6.45) is 2.59. The maximum Gasteiger partial charge on any atom is 0.303 e. The van der Waals surface area contributed by atoms with Gasteiger partial charge in [0, 0.05) is 19.5 Å². The van der Waals surface area contributed by atoms with Crippen LogP contribution in [0, 0.1) is 0 Å². The average Bonchev–Trinajstić information content (AvgIpc) is 2.62. The third-order valence-electron chi connectivity index (χ3n) is 3.36. The summed E-state index contributed by atoms with van der Waals surface area (Å²) in [5.41, 5.74) is 0.704. The van der Waals surface area contributed by atoms with Gasteiger partial charge in [0.2, 0.25) is 11.8 Å². The monoisotopic (exact) mass is 350 g/mol. The molecule has 0 heterocycles. The van der Waals surface area contributed by atoms with Gasteiger partial charge in [0.1, 0.15) is 6.04 Å². The Balaban J connectivity index is 2.76. The standard InChI is InChI=1S/C17H22N2O6/c1-18-17(23)12(6-9-16(21)22)19-15(20)8-5-11-4-7-13(24-2)14(10-11)25-3/h4-5,7-8,10,12H,6,9H2,1-3H3,(H,18,23)(H,19,20)(H,21,22)/b8-5+/t12-/m0/s1. The summed E-state index contributed by atoms with van der Waals surface area (Å²) >= 11 is 0. The van der Waals surface area contributed by atoms with Crippen molar-refractivity contribution in [1.29, 1.82) is 0 Å². The van der Waals surface area contributed by atoms with Crippen LogP contribution in [0.3, 0.4) is 0 Å². The molecule has 0 bridgehead atoms. The minimum atomic E-state index is -1.04. The van der Waals surface area contributed by atoms with E-state index < -0.39 is 23.8 Å². The van der Waals surface area contributed by atoms with Crippen LogP contribution < -0.4 is 20.1 Å². The molecule has 1 aromatic carbocycles. The van der Waals surface area contributed by atoms with Crippen molar-refractivity contribution in [1.82, 2.24) is 10.6 Å². The van der Waals surface area contributed by atoms with E-state index in [1.807, 2.05) is 0 Å². The second kappa shape index (κ2) is 9.96. The number of carboxylic acid groups (broad SMARTS) is 1. The third-order valence-corrected chi connectivity index (χ3v) is 3.36. The van der Waals surface area contributed by atoms with E-state index in [0.29, 0.717) is 17.1 Å². The Kier molecular flexibility index (Phi) is 7.98. The summed E-state index contributed by atoms with van der Waals surface area (Å²) in [7, 11) is 4.45. The topological polar surface area (TPSA) is 114 Å². The fraction of sp³-hybridized carbons (Fsp3) is 0.353. The molecule has 136 valence electrons. The van der Waals surface area contributed by atoms with Crippen LogP contribution >= 0.6 is 0 Å². The predicted molar refractivity (Wildman–Crippen MR) is 91.4 cm³/mol. The number of amides is 2. The highest BCUT2D eigenvalue weighted by molar-refractivity contribution is 5.95. The lowest BCUT2D eigenvalue weighted by Crippen LogP contribution is -2.45. The number of rotatable bonds is 9. The van der Waals surface area contributed by atoms with Gasteiger partial charge in [-0.3, -0.25) is 14.4 Å². The molecule has 1 aromatic rings. The zero-order valence-corrected chi connectivity index (χ0v) is 14.4. The molecule has 1 atom stereocenters. The number of nitrogens with one attached hydrogen (secondary N) is 2. The lowest BCUT2D eigenvalue weighted by molar-refractivity contribution is -0.137. The molecule has 0 aromatic heterocycles. The van der Waals surface area contributed by atoms with Gasteiger partial charge in [0.15, 0.2) is 11.5 Å². The molecule has 8 nitrogen and oxygen atoms in total. The van der Waals surface area contributed by atoms with Crippen LogP contribution in [0.2, 0.25) is 0 Å². The van der Waals surface area contributed by atoms with Crippen molar-refractivity contribution in [3.8, 4) is 11.5 Å². The van der Waals surface area contributed by atoms with Crippen LogP contribution in [0.1, 0.15) is 18.4 Å². The summed E-state index contributed by atoms with van der Waals surface area (Å²) in [6.45, 7) is 0. The number of carbonyl (C=O) groups is 3. The lowest BCUT2D eigenvalue weighted by Gasteiger charge is -2.15. The van der Waals surface area contributed by atoms with E-state index >= 15 is 0 Å². The lowest BCUT2D eigenvalue weighted by atomic mass is 10.1. The highest BCUT2D eigenvalue weighted by atomic mass is 16.5. The first kappa shape index (κ1) is 20.0. The van der Waals surface area contributed by atoms with Crippen molar-refractivity contribution < 1.29 is 29.0 Å². The van der Waals surface area contributed by atoms with E-state index in [2.05, 4.69) is 10.6 Å². The number of hydrogen-bond acceptors (Lipinski definition) is 5. The Morgan fingerprint density at radius 1 is 1.20 bits per heavy atom. The number of aliphatic carboxylic acids is 1. The fourth-order valence-electron chi connectivity index (χ4n) is 2.06. The number of methoxy groups -OCH3 is 2. The molecule has 0 saturated carbocycles. The second-order valence-electron chi connectivity index (χ2n) is 5.06. The zero-order chi connectivity index (χ0) is 18.8. The summed E-state index contributed by atoms with van der Waals surface area (Å²) < 4.78 is 10.3. The van der Waals surface area contributed by atoms with Gasteiger partial charge < -0.3 is 25.2 Å². The molecular formula is C17H22N2O6. The Hall–Kier alpha value is -3.03. The molecule has 0 aliphatic heterocycles. The zero-order valence-electron chi connectivity index (χ0n) is 14.4. The van der Waals surface area contributed by atoms with Crippen LogP contribution in [0.4, 0.5) is 0 Å². The molecular weight excluding hydrogens is 328 g/mol. The first-order chi connectivity index (χ1) is 11.9. The maximum atomic E-state index is 12.0. The quantitative estimate of drug-likeness (QED) is 0.568. The molecule has 0 radical (unpaired) electrons. The summed E-state index contributed by atoms with van der Waals surface area (Å²) in [4.78, 5) is 34.3. The number of ether oxygens (including phenoxy) is 2. The highest BCUT2D eigenvalue weighted by Crippen LogP contribution is 2.27. The number of carboxylic acids is 1. The van der Waals surface area contributed by atoms with Crippen molar-refractivity contribution in [2.24, 2.45) is 0 Å². The molecule has 3 N–H and O–H groups in total. The summed E-state index contributed by atoms with van der Waals surface area (Å²) in [5, 5.41) is 13.6. The van der Waals surface area contributed by atoms with Gasteiger partial charge in [-0.25, -0.2) is 0 Å². The maximum absolute atomic E-state index is 12.0. The van der Waals surface area contributed by atoms with Crippen LogP contribution in [-0.2, 0) is 14.4 Å². The van der Waals surface area contributed by atoms with E-state index in [1.165, 1.54) is 27.3 Å². The van der Waals surface area contributed by atoms with Gasteiger partial charge in [0.05, 0.1) is 14.2 Å². The first-order valence-corrected chi connectivity index (χ1v) is 7.55. The van der Waals surface area contributed by atoms with E-state index in [-0.39, 0.29) is 12.8 Å². The number of carbonyl (C=O) groups excluding carboxylic acids is 2. The van der Waals surface area contributed by atoms with Gasteiger partial charge in [0.25, 0.3) is 0 Å². The van der Waals surface area contributed by atoms with E-state index in [9.17, 15) is 14.4 Å². The van der Waals surface area contributed by atoms with Gasteiger partial charge in [-0.15, -0.1) is 0 Å². The van der Waals surface area contributed by atoms with Crippen LogP contribution in [0.15, 0.2) is 24.3 Å². The van der Waals surface area contributed by atoms with Gasteiger partial charge in [-0.1, -0.05) is 6.07 Å². The largest absolute Gasteiger partial charge is 0.493 e. The number of benzene rings is 1. The Labute approximate surface area is 145 Å². The molecule has 8 heteroatoms. The van der Waals surface area contributed by atoms with Crippen molar-refractivity contribution in [2.75, 3.05) is 21.3 Å². The summed E-state index contributed by atoms with van der Waals surface area (Å²) in [6, 6.07) is 4.23. The Bertz CT molecular complexity index is 657. The fourth-order valence-corrected chi connectivity index (χ4v) is 2.06. The van der Waals surface area contributed by atoms with Gasteiger partial charge >= 0.3 is 5.97 Å².